The van der Waals surface area contributed by atoms with E-state index in [1.165, 1.54) is 6.07 Å². The molecule has 2 aromatic rings. The van der Waals surface area contributed by atoms with Crippen LogP contribution in [0.1, 0.15) is 5.56 Å². The molecule has 0 aromatic heterocycles. The van der Waals surface area contributed by atoms with Crippen molar-refractivity contribution in [3.8, 4) is 0 Å². The van der Waals surface area contributed by atoms with Crippen LogP contribution in [0, 0.1) is 0 Å². The highest BCUT2D eigenvalue weighted by Crippen LogP contribution is 2.24. The first-order valence-electron chi connectivity index (χ1n) is 6.06. The lowest BCUT2D eigenvalue weighted by Crippen LogP contribution is -2.19. The summed E-state index contributed by atoms with van der Waals surface area (Å²) in [6.45, 7) is 0. The van der Waals surface area contributed by atoms with E-state index in [4.69, 9.17) is 17.3 Å². The maximum Gasteiger partial charge on any atom is 0.233 e. The van der Waals surface area contributed by atoms with E-state index in [9.17, 15) is 8.42 Å². The van der Waals surface area contributed by atoms with E-state index in [1.54, 1.807) is 12.1 Å². The maximum atomic E-state index is 12.0. The van der Waals surface area contributed by atoms with Gasteiger partial charge in [-0.1, -0.05) is 41.9 Å². The van der Waals surface area contributed by atoms with Gasteiger partial charge in [0.1, 0.15) is 0 Å². The molecule has 4 nitrogen and oxygen atoms in total. The van der Waals surface area contributed by atoms with Crippen molar-refractivity contribution in [1.82, 2.24) is 0 Å². The van der Waals surface area contributed by atoms with Gasteiger partial charge >= 0.3 is 0 Å². The third kappa shape index (κ3) is 4.15. The van der Waals surface area contributed by atoms with Crippen LogP contribution in [0.25, 0.3) is 0 Å². The van der Waals surface area contributed by atoms with Gasteiger partial charge in [-0.25, -0.2) is 8.42 Å². The number of halogens is 1. The Morgan fingerprint density at radius 2 is 1.80 bits per heavy atom. The number of hydrogen-bond donors (Lipinski definition) is 2. The topological polar surface area (TPSA) is 72.2 Å². The molecule has 0 radical (unpaired) electrons. The Bertz CT molecular complexity index is 688. The maximum absolute atomic E-state index is 12.0. The number of hydrogen-bond acceptors (Lipinski definition) is 3. The highest BCUT2D eigenvalue weighted by Gasteiger charge is 2.12. The Labute approximate surface area is 123 Å². The van der Waals surface area contributed by atoms with Gasteiger partial charge in [0, 0.05) is 5.02 Å². The third-order valence-corrected chi connectivity index (χ3v) is 4.29. The summed E-state index contributed by atoms with van der Waals surface area (Å²) < 4.78 is 26.5. The van der Waals surface area contributed by atoms with Crippen LogP contribution in [0.2, 0.25) is 5.02 Å². The molecule has 3 N–H and O–H groups in total. The van der Waals surface area contributed by atoms with Crippen LogP contribution >= 0.6 is 11.6 Å². The van der Waals surface area contributed by atoms with E-state index >= 15 is 0 Å². The second-order valence-corrected chi connectivity index (χ2v) is 6.67. The Morgan fingerprint density at radius 1 is 1.10 bits per heavy atom. The smallest absolute Gasteiger partial charge is 0.233 e. The number of nitrogens with one attached hydrogen (secondary N) is 1. The lowest BCUT2D eigenvalue weighted by atomic mass is 10.2. The van der Waals surface area contributed by atoms with E-state index < -0.39 is 10.0 Å². The summed E-state index contributed by atoms with van der Waals surface area (Å²) in [5, 5.41) is 0.431. The summed E-state index contributed by atoms with van der Waals surface area (Å²) in [6.07, 6.45) is 0.441. The Morgan fingerprint density at radius 3 is 2.50 bits per heavy atom. The van der Waals surface area contributed by atoms with Crippen molar-refractivity contribution < 1.29 is 8.42 Å². The normalized spacial score (nSPS) is 11.2. The van der Waals surface area contributed by atoms with Crippen molar-refractivity contribution in [3.05, 3.63) is 59.1 Å². The van der Waals surface area contributed by atoms with Crippen LogP contribution in [0.4, 0.5) is 11.4 Å². The van der Waals surface area contributed by atoms with Crippen molar-refractivity contribution in [1.29, 1.82) is 0 Å². The van der Waals surface area contributed by atoms with Gasteiger partial charge in [-0.05, 0) is 30.2 Å². The lowest BCUT2D eigenvalue weighted by Gasteiger charge is -2.10. The third-order valence-electron chi connectivity index (χ3n) is 2.78. The van der Waals surface area contributed by atoms with Crippen molar-refractivity contribution >= 4 is 33.0 Å². The van der Waals surface area contributed by atoms with E-state index in [0.29, 0.717) is 22.8 Å². The van der Waals surface area contributed by atoms with Crippen LogP contribution in [-0.2, 0) is 16.4 Å². The molecule has 0 aliphatic carbocycles. The van der Waals surface area contributed by atoms with Gasteiger partial charge in [-0.15, -0.1) is 0 Å². The first-order valence-corrected chi connectivity index (χ1v) is 8.09. The van der Waals surface area contributed by atoms with E-state index in [1.807, 2.05) is 30.3 Å². The highest BCUT2D eigenvalue weighted by atomic mass is 35.5. The molecule has 0 saturated carbocycles. The van der Waals surface area contributed by atoms with Crippen LogP contribution in [0.15, 0.2) is 48.5 Å². The highest BCUT2D eigenvalue weighted by molar-refractivity contribution is 7.92. The number of rotatable bonds is 5. The molecule has 0 amide bonds. The molecule has 6 heteroatoms. The van der Waals surface area contributed by atoms with Crippen molar-refractivity contribution in [2.75, 3.05) is 16.2 Å². The molecule has 106 valence electrons. The van der Waals surface area contributed by atoms with Gasteiger partial charge < -0.3 is 5.73 Å². The van der Waals surface area contributed by atoms with Crippen LogP contribution in [0.3, 0.4) is 0 Å². The minimum Gasteiger partial charge on any atom is -0.397 e. The summed E-state index contributed by atoms with van der Waals surface area (Å²) in [5.74, 6) is -0.0109. The monoisotopic (exact) mass is 310 g/mol. The Kier molecular flexibility index (Phi) is 4.52. The van der Waals surface area contributed by atoms with Crippen molar-refractivity contribution in [2.24, 2.45) is 0 Å². The average molecular weight is 311 g/mol. The zero-order valence-corrected chi connectivity index (χ0v) is 12.3. The fourth-order valence-electron chi connectivity index (χ4n) is 1.73. The largest absolute Gasteiger partial charge is 0.397 e. The zero-order valence-electron chi connectivity index (χ0n) is 10.7. The fraction of sp³-hybridized carbons (Fsp3) is 0.143. The predicted octanol–water partition coefficient (Wildman–Crippen LogP) is 2.91. The molecule has 20 heavy (non-hydrogen) atoms. The van der Waals surface area contributed by atoms with Crippen LogP contribution in [0.5, 0.6) is 0 Å². The molecular weight excluding hydrogens is 296 g/mol. The number of benzene rings is 2. The predicted molar refractivity (Wildman–Crippen MR) is 83.4 cm³/mol. The lowest BCUT2D eigenvalue weighted by molar-refractivity contribution is 0.600. The van der Waals surface area contributed by atoms with Gasteiger partial charge in [0.25, 0.3) is 0 Å². The first-order chi connectivity index (χ1) is 9.46. The number of anilines is 2. The van der Waals surface area contributed by atoms with Crippen molar-refractivity contribution in [2.45, 2.75) is 6.42 Å². The molecule has 0 bridgehead atoms. The molecule has 0 unspecified atom stereocenters. The second kappa shape index (κ2) is 6.15. The minimum absolute atomic E-state index is 0.0109. The van der Waals surface area contributed by atoms with E-state index in [0.717, 1.165) is 5.56 Å². The number of aryl methyl sites for hydroxylation is 1. The SMILES string of the molecule is Nc1ccc(Cl)cc1NS(=O)(=O)CCc1ccccc1. The molecule has 2 aromatic carbocycles. The summed E-state index contributed by atoms with van der Waals surface area (Å²) in [5.41, 5.74) is 7.34. The molecule has 0 aliphatic rings. The summed E-state index contributed by atoms with van der Waals surface area (Å²) in [7, 11) is -3.46. The van der Waals surface area contributed by atoms with Crippen molar-refractivity contribution in [3.63, 3.8) is 0 Å². The summed E-state index contributed by atoms with van der Waals surface area (Å²) in [4.78, 5) is 0. The Hall–Kier alpha value is -1.72. The molecule has 2 rings (SSSR count). The van der Waals surface area contributed by atoms with Crippen LogP contribution < -0.4 is 10.5 Å². The van der Waals surface area contributed by atoms with Gasteiger partial charge in [-0.3, -0.25) is 4.72 Å². The standard InChI is InChI=1S/C14H15ClN2O2S/c15-12-6-7-13(16)14(10-12)17-20(18,19)9-8-11-4-2-1-3-5-11/h1-7,10,17H,8-9,16H2. The minimum atomic E-state index is -3.46. The van der Waals surface area contributed by atoms with E-state index in [2.05, 4.69) is 4.72 Å². The van der Waals surface area contributed by atoms with Gasteiger partial charge in [0.05, 0.1) is 17.1 Å². The summed E-state index contributed by atoms with van der Waals surface area (Å²) >= 11 is 5.83. The quantitative estimate of drug-likeness (QED) is 0.834. The molecule has 0 aliphatic heterocycles. The first kappa shape index (κ1) is 14.7. The molecule has 0 fully saturated rings. The molecular formula is C14H15ClN2O2S. The molecule has 0 saturated heterocycles. The number of nitrogen functional groups attached to an aromatic ring is 1. The van der Waals surface area contributed by atoms with Gasteiger partial charge in [0.15, 0.2) is 0 Å². The molecule has 0 spiro atoms. The van der Waals surface area contributed by atoms with Gasteiger partial charge in [-0.2, -0.15) is 0 Å². The molecule has 0 atom stereocenters. The fourth-order valence-corrected chi connectivity index (χ4v) is 3.02. The summed E-state index contributed by atoms with van der Waals surface area (Å²) in [6, 6.07) is 14.1. The average Bonchev–Trinajstić information content (AvgIpc) is 2.42. The Balaban J connectivity index is 2.06. The van der Waals surface area contributed by atoms with E-state index in [-0.39, 0.29) is 5.75 Å². The number of nitrogens with two attached hydrogens (primary N) is 1. The zero-order chi connectivity index (χ0) is 14.6. The second-order valence-electron chi connectivity index (χ2n) is 4.39. The number of sulfonamides is 1. The molecule has 0 heterocycles. The van der Waals surface area contributed by atoms with Crippen LogP contribution in [-0.4, -0.2) is 14.2 Å². The van der Waals surface area contributed by atoms with Gasteiger partial charge in [0.2, 0.25) is 10.0 Å².